The van der Waals surface area contributed by atoms with Crippen LogP contribution >= 0.6 is 0 Å². The number of benzene rings is 1. The summed E-state index contributed by atoms with van der Waals surface area (Å²) in [5.41, 5.74) is 2.55. The summed E-state index contributed by atoms with van der Waals surface area (Å²) < 4.78 is 2.19. The molecule has 23 heavy (non-hydrogen) atoms. The zero-order valence-corrected chi connectivity index (χ0v) is 14.3. The van der Waals surface area contributed by atoms with Crippen LogP contribution in [0, 0.1) is 13.8 Å². The van der Waals surface area contributed by atoms with Gasteiger partial charge in [-0.1, -0.05) is 29.8 Å². The van der Waals surface area contributed by atoms with Crippen LogP contribution in [0.4, 0.5) is 0 Å². The summed E-state index contributed by atoms with van der Waals surface area (Å²) in [5.74, 6) is 1.93. The van der Waals surface area contributed by atoms with Crippen molar-refractivity contribution in [3.05, 3.63) is 53.6 Å². The highest BCUT2D eigenvalue weighted by atomic mass is 15.2. The quantitative estimate of drug-likeness (QED) is 0.469. The summed E-state index contributed by atoms with van der Waals surface area (Å²) in [6, 6.07) is 8.51. The first kappa shape index (κ1) is 17.1. The van der Waals surface area contributed by atoms with Crippen LogP contribution in [0.25, 0.3) is 0 Å². The molecular weight excluding hydrogens is 286 g/mol. The van der Waals surface area contributed by atoms with Crippen molar-refractivity contribution in [2.75, 3.05) is 13.6 Å². The lowest BCUT2D eigenvalue weighted by Crippen LogP contribution is -2.37. The van der Waals surface area contributed by atoms with Crippen molar-refractivity contribution in [2.45, 2.75) is 39.8 Å². The van der Waals surface area contributed by atoms with Gasteiger partial charge >= 0.3 is 0 Å². The third-order valence-electron chi connectivity index (χ3n) is 3.81. The van der Waals surface area contributed by atoms with E-state index in [1.165, 1.54) is 11.1 Å². The standard InChI is InChI=1S/C18H27N5/c1-15-7-6-8-17(13-15)14-22-18(19-3)21-9-4-5-11-23-12-10-20-16(23)2/h6-8,10,12-13H,4-5,9,11,14H2,1-3H3,(H2,19,21,22). The van der Waals surface area contributed by atoms with Crippen LogP contribution in [0.3, 0.4) is 0 Å². The van der Waals surface area contributed by atoms with Crippen LogP contribution < -0.4 is 10.6 Å². The zero-order chi connectivity index (χ0) is 16.5. The van der Waals surface area contributed by atoms with E-state index in [0.29, 0.717) is 0 Å². The molecule has 0 saturated heterocycles. The molecule has 1 aromatic heterocycles. The van der Waals surface area contributed by atoms with E-state index in [1.807, 2.05) is 19.3 Å². The monoisotopic (exact) mass is 313 g/mol. The smallest absolute Gasteiger partial charge is 0.191 e. The Labute approximate surface area is 138 Å². The number of aliphatic imine (C=N–C) groups is 1. The Morgan fingerprint density at radius 1 is 1.22 bits per heavy atom. The van der Waals surface area contributed by atoms with Gasteiger partial charge in [-0.25, -0.2) is 4.98 Å². The van der Waals surface area contributed by atoms with E-state index in [2.05, 4.69) is 56.4 Å². The summed E-state index contributed by atoms with van der Waals surface area (Å²) in [6.07, 6.45) is 6.11. The van der Waals surface area contributed by atoms with Crippen molar-refractivity contribution in [1.82, 2.24) is 20.2 Å². The molecule has 1 heterocycles. The minimum Gasteiger partial charge on any atom is -0.356 e. The Bertz CT molecular complexity index is 630. The number of guanidine groups is 1. The molecule has 2 N–H and O–H groups in total. The van der Waals surface area contributed by atoms with E-state index in [-0.39, 0.29) is 0 Å². The second-order valence-electron chi connectivity index (χ2n) is 5.72. The molecule has 0 radical (unpaired) electrons. The molecule has 0 aliphatic heterocycles. The van der Waals surface area contributed by atoms with Crippen molar-refractivity contribution in [1.29, 1.82) is 0 Å². The Morgan fingerprint density at radius 2 is 2.09 bits per heavy atom. The molecule has 0 unspecified atom stereocenters. The first-order valence-electron chi connectivity index (χ1n) is 8.17. The summed E-state index contributed by atoms with van der Waals surface area (Å²) in [7, 11) is 1.81. The van der Waals surface area contributed by atoms with Crippen LogP contribution in [-0.4, -0.2) is 29.1 Å². The van der Waals surface area contributed by atoms with Crippen molar-refractivity contribution in [3.63, 3.8) is 0 Å². The van der Waals surface area contributed by atoms with Gasteiger partial charge in [-0.05, 0) is 32.3 Å². The Balaban J connectivity index is 1.64. The van der Waals surface area contributed by atoms with Gasteiger partial charge < -0.3 is 15.2 Å². The molecule has 0 bridgehead atoms. The number of aryl methyl sites for hydroxylation is 3. The predicted molar refractivity (Wildman–Crippen MR) is 95.6 cm³/mol. The van der Waals surface area contributed by atoms with Crippen LogP contribution in [0.15, 0.2) is 41.7 Å². The molecule has 0 saturated carbocycles. The van der Waals surface area contributed by atoms with Crippen molar-refractivity contribution in [3.8, 4) is 0 Å². The molecule has 2 aromatic rings. The van der Waals surface area contributed by atoms with E-state index >= 15 is 0 Å². The first-order chi connectivity index (χ1) is 11.2. The number of hydrogen-bond acceptors (Lipinski definition) is 2. The molecule has 0 aliphatic rings. The van der Waals surface area contributed by atoms with Crippen molar-refractivity contribution >= 4 is 5.96 Å². The third kappa shape index (κ3) is 5.77. The number of nitrogens with one attached hydrogen (secondary N) is 2. The lowest BCUT2D eigenvalue weighted by Gasteiger charge is -2.12. The minimum atomic E-state index is 0.787. The number of unbranched alkanes of at least 4 members (excludes halogenated alkanes) is 1. The molecule has 5 heteroatoms. The van der Waals surface area contributed by atoms with E-state index in [1.54, 1.807) is 7.05 Å². The van der Waals surface area contributed by atoms with Gasteiger partial charge in [0.25, 0.3) is 0 Å². The molecular formula is C18H27N5. The summed E-state index contributed by atoms with van der Waals surface area (Å²) in [5, 5.41) is 6.71. The SMILES string of the molecule is CN=C(NCCCCn1ccnc1C)NCc1cccc(C)c1. The second kappa shape index (κ2) is 8.98. The van der Waals surface area contributed by atoms with E-state index in [4.69, 9.17) is 0 Å². The van der Waals surface area contributed by atoms with Gasteiger partial charge in [0, 0.05) is 39.1 Å². The molecule has 0 fully saturated rings. The average Bonchev–Trinajstić information content (AvgIpc) is 2.95. The summed E-state index contributed by atoms with van der Waals surface area (Å²) >= 11 is 0. The third-order valence-corrected chi connectivity index (χ3v) is 3.81. The minimum absolute atomic E-state index is 0.787. The second-order valence-corrected chi connectivity index (χ2v) is 5.72. The fourth-order valence-electron chi connectivity index (χ4n) is 2.48. The van der Waals surface area contributed by atoms with Gasteiger partial charge in [0.15, 0.2) is 5.96 Å². The highest BCUT2D eigenvalue weighted by Crippen LogP contribution is 2.03. The molecule has 1 aromatic carbocycles. The summed E-state index contributed by atoms with van der Waals surface area (Å²) in [6.45, 7) is 6.87. The molecule has 0 amide bonds. The average molecular weight is 313 g/mol. The van der Waals surface area contributed by atoms with Crippen LogP contribution in [-0.2, 0) is 13.1 Å². The molecule has 2 rings (SSSR count). The first-order valence-corrected chi connectivity index (χ1v) is 8.17. The lowest BCUT2D eigenvalue weighted by atomic mass is 10.1. The predicted octanol–water partition coefficient (Wildman–Crippen LogP) is 2.65. The maximum Gasteiger partial charge on any atom is 0.191 e. The highest BCUT2D eigenvalue weighted by Gasteiger charge is 1.99. The van der Waals surface area contributed by atoms with Gasteiger partial charge in [-0.2, -0.15) is 0 Å². The van der Waals surface area contributed by atoms with Gasteiger partial charge in [0.2, 0.25) is 0 Å². The zero-order valence-electron chi connectivity index (χ0n) is 14.3. The number of imidazole rings is 1. The number of nitrogens with zero attached hydrogens (tertiary/aromatic N) is 3. The molecule has 0 atom stereocenters. The van der Waals surface area contributed by atoms with Gasteiger partial charge in [0.1, 0.15) is 5.82 Å². The van der Waals surface area contributed by atoms with Gasteiger partial charge in [-0.15, -0.1) is 0 Å². The lowest BCUT2D eigenvalue weighted by molar-refractivity contribution is 0.588. The number of hydrogen-bond donors (Lipinski definition) is 2. The number of aromatic nitrogens is 2. The van der Waals surface area contributed by atoms with E-state index in [9.17, 15) is 0 Å². The van der Waals surface area contributed by atoms with E-state index < -0.39 is 0 Å². The summed E-state index contributed by atoms with van der Waals surface area (Å²) in [4.78, 5) is 8.50. The largest absolute Gasteiger partial charge is 0.356 e. The van der Waals surface area contributed by atoms with Crippen LogP contribution in [0.2, 0.25) is 0 Å². The molecule has 5 nitrogen and oxygen atoms in total. The van der Waals surface area contributed by atoms with E-state index in [0.717, 1.165) is 44.3 Å². The van der Waals surface area contributed by atoms with Gasteiger partial charge in [0.05, 0.1) is 0 Å². The Morgan fingerprint density at radius 3 is 2.78 bits per heavy atom. The maximum absolute atomic E-state index is 4.27. The Hall–Kier alpha value is -2.30. The van der Waals surface area contributed by atoms with Crippen LogP contribution in [0.5, 0.6) is 0 Å². The fourth-order valence-corrected chi connectivity index (χ4v) is 2.48. The van der Waals surface area contributed by atoms with Crippen LogP contribution in [0.1, 0.15) is 29.8 Å². The topological polar surface area (TPSA) is 54.2 Å². The normalized spacial score (nSPS) is 11.5. The maximum atomic E-state index is 4.27. The van der Waals surface area contributed by atoms with Crippen molar-refractivity contribution in [2.24, 2.45) is 4.99 Å². The highest BCUT2D eigenvalue weighted by molar-refractivity contribution is 5.79. The molecule has 0 aliphatic carbocycles. The van der Waals surface area contributed by atoms with Gasteiger partial charge in [-0.3, -0.25) is 4.99 Å². The van der Waals surface area contributed by atoms with Crippen molar-refractivity contribution < 1.29 is 0 Å². The Kier molecular flexibility index (Phi) is 6.66. The fraction of sp³-hybridized carbons (Fsp3) is 0.444. The molecule has 0 spiro atoms. The number of rotatable bonds is 7. The molecule has 124 valence electrons.